The number of aliphatic carboxylic acids is 1. The molecule has 3 N–H and O–H groups in total. The van der Waals surface area contributed by atoms with Crippen LogP contribution in [0, 0.1) is 6.92 Å². The summed E-state index contributed by atoms with van der Waals surface area (Å²) in [5.74, 6) is -1.99. The Morgan fingerprint density at radius 1 is 1.30 bits per heavy atom. The molecule has 2 amide bonds. The minimum Gasteiger partial charge on any atom is -0.480 e. The number of rotatable bonds is 6. The Labute approximate surface area is 117 Å². The molecule has 1 aromatic rings. The molecule has 108 valence electrons. The number of nitrogens with one attached hydrogen (secondary N) is 2. The van der Waals surface area contributed by atoms with Gasteiger partial charge in [-0.1, -0.05) is 24.6 Å². The highest BCUT2D eigenvalue weighted by molar-refractivity contribution is 5.97. The van der Waals surface area contributed by atoms with Crippen molar-refractivity contribution in [1.29, 1.82) is 0 Å². The molecule has 0 saturated heterocycles. The first-order valence-corrected chi connectivity index (χ1v) is 6.31. The summed E-state index contributed by atoms with van der Waals surface area (Å²) < 4.78 is 0. The first kappa shape index (κ1) is 15.7. The second-order valence-electron chi connectivity index (χ2n) is 4.42. The third kappa shape index (κ3) is 4.72. The van der Waals surface area contributed by atoms with E-state index in [0.29, 0.717) is 5.56 Å². The second-order valence-corrected chi connectivity index (χ2v) is 4.42. The lowest BCUT2D eigenvalue weighted by Gasteiger charge is -2.12. The van der Waals surface area contributed by atoms with Crippen LogP contribution in [0.2, 0.25) is 0 Å². The van der Waals surface area contributed by atoms with Gasteiger partial charge in [-0.05, 0) is 25.5 Å². The lowest BCUT2D eigenvalue weighted by molar-refractivity contribution is -0.141. The fraction of sp³-hybridized carbons (Fsp3) is 0.357. The predicted molar refractivity (Wildman–Crippen MR) is 73.4 cm³/mol. The lowest BCUT2D eigenvalue weighted by atomic mass is 10.1. The number of amides is 2. The van der Waals surface area contributed by atoms with Gasteiger partial charge in [0.1, 0.15) is 6.04 Å². The molecular weight excluding hydrogens is 260 g/mol. The van der Waals surface area contributed by atoms with Gasteiger partial charge in [-0.2, -0.15) is 0 Å². The third-order valence-corrected chi connectivity index (χ3v) is 2.73. The predicted octanol–water partition coefficient (Wildman–Crippen LogP) is 0.704. The van der Waals surface area contributed by atoms with Gasteiger partial charge in [0.05, 0.1) is 6.54 Å². The highest BCUT2D eigenvalue weighted by Crippen LogP contribution is 2.03. The normalized spacial score (nSPS) is 11.5. The zero-order chi connectivity index (χ0) is 15.1. The SMILES string of the molecule is CC[C@@H](NC(=O)CNC(=O)c1cccc(C)c1)C(=O)O. The number of benzene rings is 1. The van der Waals surface area contributed by atoms with E-state index in [4.69, 9.17) is 5.11 Å². The molecule has 0 radical (unpaired) electrons. The van der Waals surface area contributed by atoms with Crippen LogP contribution < -0.4 is 10.6 Å². The topological polar surface area (TPSA) is 95.5 Å². The minimum atomic E-state index is -1.09. The van der Waals surface area contributed by atoms with Crippen LogP contribution in [-0.2, 0) is 9.59 Å². The van der Waals surface area contributed by atoms with Gasteiger partial charge >= 0.3 is 5.97 Å². The summed E-state index contributed by atoms with van der Waals surface area (Å²) in [5.41, 5.74) is 1.40. The first-order chi connectivity index (χ1) is 9.43. The van der Waals surface area contributed by atoms with E-state index in [1.807, 2.05) is 13.0 Å². The van der Waals surface area contributed by atoms with Gasteiger partial charge in [0, 0.05) is 5.56 Å². The van der Waals surface area contributed by atoms with Crippen molar-refractivity contribution in [3.8, 4) is 0 Å². The van der Waals surface area contributed by atoms with Crippen molar-refractivity contribution >= 4 is 17.8 Å². The summed E-state index contributed by atoms with van der Waals surface area (Å²) in [6, 6.07) is 6.04. The van der Waals surface area contributed by atoms with E-state index < -0.39 is 17.9 Å². The summed E-state index contributed by atoms with van der Waals surface area (Å²) >= 11 is 0. The molecule has 0 aliphatic heterocycles. The molecule has 6 nitrogen and oxygen atoms in total. The van der Waals surface area contributed by atoms with E-state index in [0.717, 1.165) is 5.56 Å². The van der Waals surface area contributed by atoms with Crippen molar-refractivity contribution in [2.24, 2.45) is 0 Å². The fourth-order valence-electron chi connectivity index (χ4n) is 1.63. The summed E-state index contributed by atoms with van der Waals surface area (Å²) in [6.07, 6.45) is 0.285. The van der Waals surface area contributed by atoms with Gasteiger partial charge in [0.25, 0.3) is 5.91 Å². The lowest BCUT2D eigenvalue weighted by Crippen LogP contribution is -2.45. The van der Waals surface area contributed by atoms with Gasteiger partial charge in [-0.3, -0.25) is 9.59 Å². The van der Waals surface area contributed by atoms with Crippen LogP contribution in [0.3, 0.4) is 0 Å². The maximum absolute atomic E-state index is 11.8. The number of hydrogen-bond acceptors (Lipinski definition) is 3. The molecule has 0 saturated carbocycles. The second kappa shape index (κ2) is 7.28. The molecule has 1 rings (SSSR count). The van der Waals surface area contributed by atoms with Gasteiger partial charge in [0.2, 0.25) is 5.91 Å². The molecule has 20 heavy (non-hydrogen) atoms. The van der Waals surface area contributed by atoms with Crippen molar-refractivity contribution < 1.29 is 19.5 Å². The van der Waals surface area contributed by atoms with Crippen molar-refractivity contribution in [3.05, 3.63) is 35.4 Å². The maximum Gasteiger partial charge on any atom is 0.326 e. The number of carboxylic acid groups (broad SMARTS) is 1. The van der Waals surface area contributed by atoms with Crippen LogP contribution in [0.4, 0.5) is 0 Å². The minimum absolute atomic E-state index is 0.253. The average Bonchev–Trinajstić information content (AvgIpc) is 2.41. The standard InChI is InChI=1S/C14H18N2O4/c1-3-11(14(19)20)16-12(17)8-15-13(18)10-6-4-5-9(2)7-10/h4-7,11H,3,8H2,1-2H3,(H,15,18)(H,16,17)(H,19,20)/t11-/m1/s1. The fourth-order valence-corrected chi connectivity index (χ4v) is 1.63. The number of carboxylic acids is 1. The van der Waals surface area contributed by atoms with E-state index in [1.165, 1.54) is 0 Å². The molecular formula is C14H18N2O4. The smallest absolute Gasteiger partial charge is 0.326 e. The molecule has 0 fully saturated rings. The summed E-state index contributed by atoms with van der Waals surface area (Å²) in [7, 11) is 0. The highest BCUT2D eigenvalue weighted by Gasteiger charge is 2.17. The quantitative estimate of drug-likeness (QED) is 0.714. The van der Waals surface area contributed by atoms with Crippen LogP contribution in [0.5, 0.6) is 0 Å². The Morgan fingerprint density at radius 2 is 2.00 bits per heavy atom. The van der Waals surface area contributed by atoms with Gasteiger partial charge in [-0.25, -0.2) is 4.79 Å². The average molecular weight is 278 g/mol. The summed E-state index contributed by atoms with van der Waals surface area (Å²) in [6.45, 7) is 3.27. The van der Waals surface area contributed by atoms with E-state index in [-0.39, 0.29) is 18.9 Å². The van der Waals surface area contributed by atoms with Crippen LogP contribution >= 0.6 is 0 Å². The Hall–Kier alpha value is -2.37. The van der Waals surface area contributed by atoms with Crippen molar-refractivity contribution in [1.82, 2.24) is 10.6 Å². The molecule has 0 heterocycles. The van der Waals surface area contributed by atoms with Gasteiger partial charge in [0.15, 0.2) is 0 Å². The largest absolute Gasteiger partial charge is 0.480 e. The molecule has 1 aromatic carbocycles. The van der Waals surface area contributed by atoms with Crippen molar-refractivity contribution in [2.45, 2.75) is 26.3 Å². The number of aryl methyl sites for hydroxylation is 1. The number of hydrogen-bond donors (Lipinski definition) is 3. The molecule has 0 spiro atoms. The van der Waals surface area contributed by atoms with Crippen molar-refractivity contribution in [3.63, 3.8) is 0 Å². The maximum atomic E-state index is 11.8. The van der Waals surface area contributed by atoms with Gasteiger partial charge in [-0.15, -0.1) is 0 Å². The third-order valence-electron chi connectivity index (χ3n) is 2.73. The van der Waals surface area contributed by atoms with Gasteiger partial charge < -0.3 is 15.7 Å². The zero-order valence-electron chi connectivity index (χ0n) is 11.5. The first-order valence-electron chi connectivity index (χ1n) is 6.31. The Bertz CT molecular complexity index is 514. The van der Waals surface area contributed by atoms with E-state index in [2.05, 4.69) is 10.6 Å². The van der Waals surface area contributed by atoms with Crippen molar-refractivity contribution in [2.75, 3.05) is 6.54 Å². The van der Waals surface area contributed by atoms with Crippen LogP contribution in [0.25, 0.3) is 0 Å². The van der Waals surface area contributed by atoms with Crippen LogP contribution in [0.15, 0.2) is 24.3 Å². The monoisotopic (exact) mass is 278 g/mol. The molecule has 0 aliphatic rings. The summed E-state index contributed by atoms with van der Waals surface area (Å²) in [4.78, 5) is 34.1. The Balaban J connectivity index is 2.49. The molecule has 0 aromatic heterocycles. The molecule has 0 bridgehead atoms. The molecule has 6 heteroatoms. The number of carbonyl (C=O) groups is 3. The van der Waals surface area contributed by atoms with Crippen LogP contribution in [-0.4, -0.2) is 35.5 Å². The van der Waals surface area contributed by atoms with Crippen LogP contribution in [0.1, 0.15) is 29.3 Å². The molecule has 0 aliphatic carbocycles. The number of carbonyl (C=O) groups excluding carboxylic acids is 2. The molecule has 0 unspecified atom stereocenters. The highest BCUT2D eigenvalue weighted by atomic mass is 16.4. The Kier molecular flexibility index (Phi) is 5.71. The molecule has 1 atom stereocenters. The van der Waals surface area contributed by atoms with E-state index in [9.17, 15) is 14.4 Å². The zero-order valence-corrected chi connectivity index (χ0v) is 11.5. The summed E-state index contributed by atoms with van der Waals surface area (Å²) in [5, 5.41) is 13.6. The van der Waals surface area contributed by atoms with E-state index in [1.54, 1.807) is 25.1 Å². The van der Waals surface area contributed by atoms with E-state index >= 15 is 0 Å². The Morgan fingerprint density at radius 3 is 2.55 bits per heavy atom.